The third-order valence-electron chi connectivity index (χ3n) is 6.47. The fraction of sp³-hybridized carbons (Fsp3) is 0.400. The number of nitrogens with zero attached hydrogens (tertiary/aromatic N) is 1. The van der Waals surface area contributed by atoms with Crippen LogP contribution in [0.4, 0.5) is 0 Å². The van der Waals surface area contributed by atoms with Gasteiger partial charge in [0.25, 0.3) is 0 Å². The molecule has 10 nitrogen and oxygen atoms in total. The Morgan fingerprint density at radius 3 is 2.63 bits per heavy atom. The van der Waals surface area contributed by atoms with Crippen LogP contribution in [0.15, 0.2) is 36.4 Å². The maximum Gasteiger partial charge on any atom is 0.309 e. The van der Waals surface area contributed by atoms with Gasteiger partial charge in [0.1, 0.15) is 5.75 Å². The van der Waals surface area contributed by atoms with E-state index in [9.17, 15) is 19.5 Å². The molecule has 1 fully saturated rings. The van der Waals surface area contributed by atoms with E-state index in [1.54, 1.807) is 29.2 Å². The van der Waals surface area contributed by atoms with Crippen LogP contribution in [0.25, 0.3) is 0 Å². The van der Waals surface area contributed by atoms with E-state index >= 15 is 0 Å². The average molecular weight is 484 g/mol. The summed E-state index contributed by atoms with van der Waals surface area (Å²) >= 11 is 0. The Bertz CT molecular complexity index is 1140. The maximum absolute atomic E-state index is 12.7. The number of rotatable bonds is 9. The van der Waals surface area contributed by atoms with Crippen molar-refractivity contribution in [2.24, 2.45) is 11.7 Å². The third kappa shape index (κ3) is 4.88. The van der Waals surface area contributed by atoms with Crippen LogP contribution in [0.1, 0.15) is 46.8 Å². The molecule has 0 aromatic heterocycles. The quantitative estimate of drug-likeness (QED) is 0.491. The lowest BCUT2D eigenvalue weighted by Crippen LogP contribution is -2.39. The molecule has 186 valence electrons. The van der Waals surface area contributed by atoms with E-state index in [0.29, 0.717) is 29.4 Å². The number of methoxy groups -OCH3 is 1. The Labute approximate surface area is 202 Å². The molecule has 10 heteroatoms. The Morgan fingerprint density at radius 2 is 1.94 bits per heavy atom. The van der Waals surface area contributed by atoms with Crippen LogP contribution in [-0.2, 0) is 9.59 Å². The molecular weight excluding hydrogens is 454 g/mol. The van der Waals surface area contributed by atoms with Crippen molar-refractivity contribution in [3.05, 3.63) is 53.1 Å². The largest absolute Gasteiger partial charge is 0.497 e. The van der Waals surface area contributed by atoms with Crippen LogP contribution >= 0.6 is 0 Å². The molecule has 3 unspecified atom stereocenters. The van der Waals surface area contributed by atoms with E-state index in [2.05, 4.69) is 5.32 Å². The van der Waals surface area contributed by atoms with Crippen molar-refractivity contribution in [3.63, 3.8) is 0 Å². The van der Waals surface area contributed by atoms with Gasteiger partial charge in [-0.05, 0) is 41.8 Å². The standard InChI is InChI=1S/C25H29N3O7/c1-3-8-27-21(29)12-28-11-18(14-4-7-19-20(9-14)35-13-34-19)22(25(31)32)23(28)16-6-5-15(33-2)10-17(16)24(26)30/h4-7,9-10,18,22-23H,3,8,11-13H2,1-2H3,(H2,26,30)(H,27,29)(H,31,32). The molecule has 2 aromatic carbocycles. The molecule has 0 saturated carbocycles. The van der Waals surface area contributed by atoms with Crippen LogP contribution in [0.5, 0.6) is 17.2 Å². The fourth-order valence-corrected chi connectivity index (χ4v) is 4.88. The zero-order valence-electron chi connectivity index (χ0n) is 19.7. The molecule has 1 saturated heterocycles. The number of benzene rings is 2. The van der Waals surface area contributed by atoms with Crippen molar-refractivity contribution < 1.29 is 33.7 Å². The summed E-state index contributed by atoms with van der Waals surface area (Å²) in [7, 11) is 1.47. The van der Waals surface area contributed by atoms with Crippen LogP contribution in [0.3, 0.4) is 0 Å². The monoisotopic (exact) mass is 483 g/mol. The van der Waals surface area contributed by atoms with E-state index in [0.717, 1.165) is 12.0 Å². The summed E-state index contributed by atoms with van der Waals surface area (Å²) < 4.78 is 16.1. The molecule has 35 heavy (non-hydrogen) atoms. The zero-order chi connectivity index (χ0) is 25.1. The van der Waals surface area contributed by atoms with Crippen molar-refractivity contribution in [3.8, 4) is 17.2 Å². The Balaban J connectivity index is 1.79. The number of hydrogen-bond acceptors (Lipinski definition) is 7. The van der Waals surface area contributed by atoms with Gasteiger partial charge in [-0.1, -0.05) is 19.1 Å². The van der Waals surface area contributed by atoms with Gasteiger partial charge in [-0.3, -0.25) is 19.3 Å². The highest BCUT2D eigenvalue weighted by Gasteiger charge is 2.49. The number of carboxylic acids is 1. The Hall–Kier alpha value is -3.79. The van der Waals surface area contributed by atoms with Crippen molar-refractivity contribution in [1.29, 1.82) is 0 Å². The van der Waals surface area contributed by atoms with Crippen LogP contribution in [-0.4, -0.2) is 61.3 Å². The molecule has 4 N–H and O–H groups in total. The van der Waals surface area contributed by atoms with Gasteiger partial charge in [0.2, 0.25) is 18.6 Å². The zero-order valence-corrected chi connectivity index (χ0v) is 19.7. The number of carbonyl (C=O) groups excluding carboxylic acids is 2. The molecule has 2 aromatic rings. The summed E-state index contributed by atoms with van der Waals surface area (Å²) in [5, 5.41) is 13.2. The van der Waals surface area contributed by atoms with Gasteiger partial charge in [0, 0.05) is 24.6 Å². The SMILES string of the molecule is CCCNC(=O)CN1CC(c2ccc3c(c2)OCO3)C(C(=O)O)C1c1ccc(OC)cc1C(N)=O. The second-order valence-corrected chi connectivity index (χ2v) is 8.62. The first-order chi connectivity index (χ1) is 16.8. The first kappa shape index (κ1) is 24.3. The predicted molar refractivity (Wildman–Crippen MR) is 126 cm³/mol. The summed E-state index contributed by atoms with van der Waals surface area (Å²) in [5.41, 5.74) is 7.02. The van der Waals surface area contributed by atoms with Crippen molar-refractivity contribution >= 4 is 17.8 Å². The topological polar surface area (TPSA) is 140 Å². The highest BCUT2D eigenvalue weighted by atomic mass is 16.7. The summed E-state index contributed by atoms with van der Waals surface area (Å²) in [6.07, 6.45) is 0.775. The highest BCUT2D eigenvalue weighted by molar-refractivity contribution is 5.95. The minimum absolute atomic E-state index is 0.0280. The molecule has 3 atom stereocenters. The molecule has 2 amide bonds. The normalized spacial score (nSPS) is 21.0. The van der Waals surface area contributed by atoms with Crippen LogP contribution < -0.4 is 25.3 Å². The third-order valence-corrected chi connectivity index (χ3v) is 6.47. The molecule has 2 aliphatic heterocycles. The molecule has 0 spiro atoms. The van der Waals surface area contributed by atoms with Gasteiger partial charge in [-0.2, -0.15) is 0 Å². The van der Waals surface area contributed by atoms with Crippen molar-refractivity contribution in [1.82, 2.24) is 10.2 Å². The average Bonchev–Trinajstić information content (AvgIpc) is 3.46. The molecule has 4 rings (SSSR count). The first-order valence-electron chi connectivity index (χ1n) is 11.4. The van der Waals surface area contributed by atoms with E-state index in [-0.39, 0.29) is 31.4 Å². The van der Waals surface area contributed by atoms with E-state index in [1.807, 2.05) is 13.0 Å². The van der Waals surface area contributed by atoms with Crippen molar-refractivity contribution in [2.75, 3.05) is 33.5 Å². The lowest BCUT2D eigenvalue weighted by molar-refractivity contribution is -0.143. The summed E-state index contributed by atoms with van der Waals surface area (Å²) in [6, 6.07) is 9.38. The number of amides is 2. The predicted octanol–water partition coefficient (Wildman–Crippen LogP) is 1.89. The smallest absolute Gasteiger partial charge is 0.309 e. The number of carbonyl (C=O) groups is 3. The number of hydrogen-bond donors (Lipinski definition) is 3. The first-order valence-corrected chi connectivity index (χ1v) is 11.4. The number of nitrogens with two attached hydrogens (primary N) is 1. The number of primary amides is 1. The summed E-state index contributed by atoms with van der Waals surface area (Å²) in [4.78, 5) is 39.5. The Kier molecular flexibility index (Phi) is 7.11. The van der Waals surface area contributed by atoms with Crippen molar-refractivity contribution in [2.45, 2.75) is 25.3 Å². The molecule has 0 bridgehead atoms. The number of fused-ring (bicyclic) bond motifs is 1. The highest BCUT2D eigenvalue weighted by Crippen LogP contribution is 2.48. The number of aliphatic carboxylic acids is 1. The molecule has 0 aliphatic carbocycles. The second-order valence-electron chi connectivity index (χ2n) is 8.62. The van der Waals surface area contributed by atoms with E-state index < -0.39 is 29.8 Å². The molecular formula is C25H29N3O7. The summed E-state index contributed by atoms with van der Waals surface area (Å²) in [6.45, 7) is 2.82. The van der Waals surface area contributed by atoms with Gasteiger partial charge in [0.05, 0.1) is 25.6 Å². The maximum atomic E-state index is 12.7. The van der Waals surface area contributed by atoms with Gasteiger partial charge in [0.15, 0.2) is 11.5 Å². The minimum atomic E-state index is -1.04. The molecule has 2 aliphatic rings. The number of ether oxygens (including phenoxy) is 3. The van der Waals surface area contributed by atoms with Gasteiger partial charge >= 0.3 is 5.97 Å². The second kappa shape index (κ2) is 10.2. The van der Waals surface area contributed by atoms with Crippen LogP contribution in [0.2, 0.25) is 0 Å². The fourth-order valence-electron chi connectivity index (χ4n) is 4.88. The lowest BCUT2D eigenvalue weighted by Gasteiger charge is -2.28. The number of carboxylic acid groups (broad SMARTS) is 1. The molecule has 2 heterocycles. The van der Waals surface area contributed by atoms with Gasteiger partial charge < -0.3 is 30.4 Å². The minimum Gasteiger partial charge on any atom is -0.497 e. The number of likely N-dealkylation sites (tertiary alicyclic amines) is 1. The van der Waals surface area contributed by atoms with E-state index in [1.165, 1.54) is 13.2 Å². The van der Waals surface area contributed by atoms with Crippen LogP contribution in [0, 0.1) is 5.92 Å². The van der Waals surface area contributed by atoms with Gasteiger partial charge in [-0.25, -0.2) is 0 Å². The van der Waals surface area contributed by atoms with E-state index in [4.69, 9.17) is 19.9 Å². The Morgan fingerprint density at radius 1 is 1.17 bits per heavy atom. The summed E-state index contributed by atoms with van der Waals surface area (Å²) in [5.74, 6) is -1.84. The molecule has 0 radical (unpaired) electrons. The lowest BCUT2D eigenvalue weighted by atomic mass is 9.81. The van der Waals surface area contributed by atoms with Gasteiger partial charge in [-0.15, -0.1) is 0 Å². The number of nitrogens with one attached hydrogen (secondary N) is 1.